The molecule has 0 saturated heterocycles. The molecule has 0 aliphatic heterocycles. The highest BCUT2D eigenvalue weighted by Gasteiger charge is 2.16. The van der Waals surface area contributed by atoms with Gasteiger partial charge in [0.15, 0.2) is 0 Å². The van der Waals surface area contributed by atoms with Crippen molar-refractivity contribution < 1.29 is 4.79 Å². The number of imidazole rings is 1. The molecule has 0 spiro atoms. The Morgan fingerprint density at radius 1 is 1.43 bits per heavy atom. The molecule has 1 amide bonds. The molecule has 0 fully saturated rings. The SMILES string of the molecule is CCN(CC)CCNC(=O)c1c(C)nc2cc(Cl)ccn12. The van der Waals surface area contributed by atoms with Crippen LogP contribution in [0, 0.1) is 6.92 Å². The van der Waals surface area contributed by atoms with Crippen LogP contribution in [-0.4, -0.2) is 46.4 Å². The number of hydrogen-bond acceptors (Lipinski definition) is 3. The lowest BCUT2D eigenvalue weighted by Crippen LogP contribution is -2.35. The van der Waals surface area contributed by atoms with Gasteiger partial charge in [-0.1, -0.05) is 25.4 Å². The number of carbonyl (C=O) groups is 1. The summed E-state index contributed by atoms with van der Waals surface area (Å²) >= 11 is 5.95. The van der Waals surface area contributed by atoms with Gasteiger partial charge >= 0.3 is 0 Å². The minimum Gasteiger partial charge on any atom is -0.349 e. The molecule has 2 heterocycles. The summed E-state index contributed by atoms with van der Waals surface area (Å²) < 4.78 is 1.77. The number of nitrogens with zero attached hydrogens (tertiary/aromatic N) is 3. The minimum atomic E-state index is -0.102. The summed E-state index contributed by atoms with van der Waals surface area (Å²) in [6.07, 6.45) is 1.77. The molecule has 0 atom stereocenters. The van der Waals surface area contributed by atoms with E-state index in [1.165, 1.54) is 0 Å². The standard InChI is InChI=1S/C15H21ClN4O/c1-4-19(5-2)9-7-17-15(21)14-11(3)18-13-10-12(16)6-8-20(13)14/h6,8,10H,4-5,7,9H2,1-3H3,(H,17,21). The zero-order chi connectivity index (χ0) is 15.4. The number of amides is 1. The van der Waals surface area contributed by atoms with E-state index < -0.39 is 0 Å². The summed E-state index contributed by atoms with van der Waals surface area (Å²) in [5.41, 5.74) is 1.97. The van der Waals surface area contributed by atoms with Crippen LogP contribution < -0.4 is 5.32 Å². The summed E-state index contributed by atoms with van der Waals surface area (Å²) in [6, 6.07) is 3.50. The molecule has 21 heavy (non-hydrogen) atoms. The van der Waals surface area contributed by atoms with Crippen LogP contribution in [0.2, 0.25) is 5.02 Å². The van der Waals surface area contributed by atoms with Gasteiger partial charge in [-0.3, -0.25) is 9.20 Å². The second kappa shape index (κ2) is 6.91. The average Bonchev–Trinajstić information content (AvgIpc) is 2.78. The molecular weight excluding hydrogens is 288 g/mol. The predicted molar refractivity (Wildman–Crippen MR) is 85.1 cm³/mol. The lowest BCUT2D eigenvalue weighted by molar-refractivity contribution is 0.0942. The van der Waals surface area contributed by atoms with E-state index in [0.717, 1.165) is 19.6 Å². The maximum atomic E-state index is 12.4. The molecule has 0 radical (unpaired) electrons. The third-order valence-electron chi connectivity index (χ3n) is 3.59. The van der Waals surface area contributed by atoms with Crippen LogP contribution in [0.15, 0.2) is 18.3 Å². The van der Waals surface area contributed by atoms with Crippen molar-refractivity contribution in [3.63, 3.8) is 0 Å². The Labute approximate surface area is 129 Å². The zero-order valence-corrected chi connectivity index (χ0v) is 13.4. The topological polar surface area (TPSA) is 49.6 Å². The van der Waals surface area contributed by atoms with Crippen LogP contribution in [0.5, 0.6) is 0 Å². The van der Waals surface area contributed by atoms with Gasteiger partial charge in [0.2, 0.25) is 0 Å². The number of rotatable bonds is 6. The highest BCUT2D eigenvalue weighted by atomic mass is 35.5. The first-order chi connectivity index (χ1) is 10.1. The number of likely N-dealkylation sites (N-methyl/N-ethyl adjacent to an activating group) is 1. The maximum absolute atomic E-state index is 12.4. The van der Waals surface area contributed by atoms with Crippen molar-refractivity contribution in [3.05, 3.63) is 34.7 Å². The first kappa shape index (κ1) is 15.8. The summed E-state index contributed by atoms with van der Waals surface area (Å²) in [5.74, 6) is -0.102. The van der Waals surface area contributed by atoms with Crippen molar-refractivity contribution in [2.75, 3.05) is 26.2 Å². The number of nitrogens with one attached hydrogen (secondary N) is 1. The van der Waals surface area contributed by atoms with Gasteiger partial charge in [0.1, 0.15) is 11.3 Å². The monoisotopic (exact) mass is 308 g/mol. The fourth-order valence-electron chi connectivity index (χ4n) is 2.36. The molecule has 1 N–H and O–H groups in total. The summed E-state index contributed by atoms with van der Waals surface area (Å²) in [7, 11) is 0. The van der Waals surface area contributed by atoms with E-state index in [2.05, 4.69) is 29.0 Å². The molecule has 0 aliphatic carbocycles. The number of hydrogen-bond donors (Lipinski definition) is 1. The van der Waals surface area contributed by atoms with E-state index in [1.54, 1.807) is 22.7 Å². The van der Waals surface area contributed by atoms with Crippen LogP contribution in [0.3, 0.4) is 0 Å². The third kappa shape index (κ3) is 3.54. The number of carbonyl (C=O) groups excluding carboxylic acids is 1. The van der Waals surface area contributed by atoms with Crippen molar-refractivity contribution in [1.82, 2.24) is 19.6 Å². The molecule has 0 saturated carbocycles. The van der Waals surface area contributed by atoms with E-state index in [9.17, 15) is 4.79 Å². The highest BCUT2D eigenvalue weighted by Crippen LogP contribution is 2.16. The van der Waals surface area contributed by atoms with Gasteiger partial charge in [-0.2, -0.15) is 0 Å². The van der Waals surface area contributed by atoms with Crippen molar-refractivity contribution in [3.8, 4) is 0 Å². The van der Waals surface area contributed by atoms with Gasteiger partial charge in [-0.15, -0.1) is 0 Å². The Kier molecular flexibility index (Phi) is 5.20. The molecule has 2 rings (SSSR count). The van der Waals surface area contributed by atoms with Crippen molar-refractivity contribution >= 4 is 23.2 Å². The Balaban J connectivity index is 2.11. The molecule has 0 unspecified atom stereocenters. The fourth-order valence-corrected chi connectivity index (χ4v) is 2.52. The second-order valence-corrected chi connectivity index (χ2v) is 5.34. The van der Waals surface area contributed by atoms with Crippen LogP contribution in [0.25, 0.3) is 5.65 Å². The summed E-state index contributed by atoms with van der Waals surface area (Å²) in [4.78, 5) is 19.0. The Hall–Kier alpha value is -1.59. The van der Waals surface area contributed by atoms with Gasteiger partial charge < -0.3 is 10.2 Å². The third-order valence-corrected chi connectivity index (χ3v) is 3.82. The van der Waals surface area contributed by atoms with E-state index in [4.69, 9.17) is 11.6 Å². The molecule has 5 nitrogen and oxygen atoms in total. The van der Waals surface area contributed by atoms with Crippen LogP contribution in [-0.2, 0) is 0 Å². The van der Waals surface area contributed by atoms with E-state index >= 15 is 0 Å². The normalized spacial score (nSPS) is 11.3. The fraction of sp³-hybridized carbons (Fsp3) is 0.467. The molecule has 6 heteroatoms. The number of halogens is 1. The van der Waals surface area contributed by atoms with Crippen LogP contribution in [0.4, 0.5) is 0 Å². The molecule has 114 valence electrons. The Morgan fingerprint density at radius 2 is 2.14 bits per heavy atom. The van der Waals surface area contributed by atoms with Gasteiger partial charge in [-0.25, -0.2) is 4.98 Å². The second-order valence-electron chi connectivity index (χ2n) is 4.90. The van der Waals surface area contributed by atoms with Crippen molar-refractivity contribution in [2.45, 2.75) is 20.8 Å². The number of aryl methyl sites for hydroxylation is 1. The quantitative estimate of drug-likeness (QED) is 0.891. The van der Waals surface area contributed by atoms with Crippen molar-refractivity contribution in [2.24, 2.45) is 0 Å². The molecule has 2 aromatic rings. The van der Waals surface area contributed by atoms with E-state index in [1.807, 2.05) is 6.92 Å². The average molecular weight is 309 g/mol. The summed E-state index contributed by atoms with van der Waals surface area (Å²) in [5, 5.41) is 3.57. The molecular formula is C15H21ClN4O. The Bertz CT molecular complexity index is 634. The van der Waals surface area contributed by atoms with Gasteiger partial charge in [0.05, 0.1) is 5.69 Å². The molecule has 0 bridgehead atoms. The van der Waals surface area contributed by atoms with Gasteiger partial charge in [0, 0.05) is 30.4 Å². The first-order valence-corrected chi connectivity index (χ1v) is 7.59. The Morgan fingerprint density at radius 3 is 2.81 bits per heavy atom. The van der Waals surface area contributed by atoms with Gasteiger partial charge in [-0.05, 0) is 26.1 Å². The largest absolute Gasteiger partial charge is 0.349 e. The van der Waals surface area contributed by atoms with E-state index in [-0.39, 0.29) is 5.91 Å². The first-order valence-electron chi connectivity index (χ1n) is 7.21. The van der Waals surface area contributed by atoms with Crippen LogP contribution >= 0.6 is 11.6 Å². The lowest BCUT2D eigenvalue weighted by atomic mass is 10.3. The molecule has 0 aliphatic rings. The van der Waals surface area contributed by atoms with Crippen molar-refractivity contribution in [1.29, 1.82) is 0 Å². The minimum absolute atomic E-state index is 0.102. The number of aromatic nitrogens is 2. The highest BCUT2D eigenvalue weighted by molar-refractivity contribution is 6.30. The van der Waals surface area contributed by atoms with Gasteiger partial charge in [0.25, 0.3) is 5.91 Å². The van der Waals surface area contributed by atoms with E-state index in [0.29, 0.717) is 28.6 Å². The number of pyridine rings is 1. The smallest absolute Gasteiger partial charge is 0.270 e. The predicted octanol–water partition coefficient (Wildman–Crippen LogP) is 2.37. The molecule has 0 aromatic carbocycles. The lowest BCUT2D eigenvalue weighted by Gasteiger charge is -2.17. The summed E-state index contributed by atoms with van der Waals surface area (Å²) in [6.45, 7) is 9.51. The molecule has 2 aromatic heterocycles. The maximum Gasteiger partial charge on any atom is 0.270 e. The van der Waals surface area contributed by atoms with Crippen LogP contribution in [0.1, 0.15) is 30.0 Å². The number of fused-ring (bicyclic) bond motifs is 1. The zero-order valence-electron chi connectivity index (χ0n) is 12.7.